The zero-order valence-electron chi connectivity index (χ0n) is 22.7. The van der Waals surface area contributed by atoms with E-state index in [2.05, 4.69) is 15.7 Å². The van der Waals surface area contributed by atoms with Crippen molar-refractivity contribution in [2.75, 3.05) is 0 Å². The highest BCUT2D eigenvalue weighted by Gasteiger charge is 2.12. The molecule has 0 aliphatic heterocycles. The third-order valence-electron chi connectivity index (χ3n) is 7.75. The van der Waals surface area contributed by atoms with Crippen LogP contribution in [-0.4, -0.2) is 20.7 Å². The van der Waals surface area contributed by atoms with Gasteiger partial charge in [0, 0.05) is 72.3 Å². The molecule has 2 aromatic heterocycles. The fourth-order valence-electron chi connectivity index (χ4n) is 5.30. The molecule has 4 heteroatoms. The number of benzene rings is 4. The van der Waals surface area contributed by atoms with Crippen LogP contribution in [0.1, 0.15) is 43.0 Å². The van der Waals surface area contributed by atoms with Crippen molar-refractivity contribution in [2.45, 2.75) is 12.8 Å². The molecule has 40 heavy (non-hydrogen) atoms. The molecular formula is C36H30N2O2. The van der Waals surface area contributed by atoms with Gasteiger partial charge in [0.2, 0.25) is 0 Å². The summed E-state index contributed by atoms with van der Waals surface area (Å²) in [5, 5.41) is 2.15. The van der Waals surface area contributed by atoms with Gasteiger partial charge >= 0.3 is 0 Å². The molecule has 4 aromatic carbocycles. The van der Waals surface area contributed by atoms with E-state index in [1.165, 1.54) is 0 Å². The number of fused-ring (bicyclic) bond motifs is 2. The quantitative estimate of drug-likeness (QED) is 0.193. The van der Waals surface area contributed by atoms with E-state index in [1.807, 2.05) is 124 Å². The maximum atomic E-state index is 12.9. The van der Waals surface area contributed by atoms with Crippen LogP contribution in [0.15, 0.2) is 116 Å². The van der Waals surface area contributed by atoms with Gasteiger partial charge in [-0.25, -0.2) is 0 Å². The van der Waals surface area contributed by atoms with E-state index < -0.39 is 0 Å². The Morgan fingerprint density at radius 1 is 0.550 bits per heavy atom. The number of hydrogen-bond acceptors (Lipinski definition) is 2. The van der Waals surface area contributed by atoms with Crippen LogP contribution in [0, 0.1) is 0 Å². The number of hydrogen-bond donors (Lipinski definition) is 0. The second kappa shape index (κ2) is 10.3. The topological polar surface area (TPSA) is 44.0 Å². The number of nitrogens with zero attached hydrogens (tertiary/aromatic N) is 2. The van der Waals surface area contributed by atoms with Gasteiger partial charge in [0.25, 0.3) is 0 Å². The van der Waals surface area contributed by atoms with Crippen molar-refractivity contribution in [1.29, 1.82) is 0 Å². The van der Waals surface area contributed by atoms with Gasteiger partial charge in [-0.05, 0) is 76.4 Å². The minimum Gasteiger partial charge on any atom is -0.351 e. The van der Waals surface area contributed by atoms with Crippen LogP contribution in [-0.2, 0) is 26.9 Å². The minimum atomic E-state index is 0.103. The van der Waals surface area contributed by atoms with E-state index >= 15 is 0 Å². The normalized spacial score (nSPS) is 11.2. The van der Waals surface area contributed by atoms with Crippen LogP contribution >= 0.6 is 0 Å². The number of ketones is 2. The molecule has 6 aromatic rings. The summed E-state index contributed by atoms with van der Waals surface area (Å²) in [5.74, 6) is 0.206. The molecule has 0 amide bonds. The van der Waals surface area contributed by atoms with Gasteiger partial charge in [0.15, 0.2) is 11.6 Å². The third-order valence-corrected chi connectivity index (χ3v) is 7.75. The van der Waals surface area contributed by atoms with E-state index in [0.717, 1.165) is 60.8 Å². The van der Waals surface area contributed by atoms with Crippen molar-refractivity contribution in [3.05, 3.63) is 149 Å². The predicted molar refractivity (Wildman–Crippen MR) is 163 cm³/mol. The summed E-state index contributed by atoms with van der Waals surface area (Å²) in [6.07, 6.45) is 4.71. The summed E-state index contributed by atoms with van der Waals surface area (Å²) in [7, 11) is 4.00. The lowest BCUT2D eigenvalue weighted by Gasteiger charge is -2.09. The maximum Gasteiger partial charge on any atom is 0.167 e. The molecule has 0 spiro atoms. The second-order valence-electron chi connectivity index (χ2n) is 10.5. The highest BCUT2D eigenvalue weighted by atomic mass is 16.1. The first-order chi connectivity index (χ1) is 19.4. The summed E-state index contributed by atoms with van der Waals surface area (Å²) in [6, 6.07) is 31.8. The van der Waals surface area contributed by atoms with Crippen molar-refractivity contribution < 1.29 is 9.59 Å². The maximum absolute atomic E-state index is 12.9. The Labute approximate surface area is 233 Å². The lowest BCUT2D eigenvalue weighted by atomic mass is 9.95. The van der Waals surface area contributed by atoms with Crippen molar-refractivity contribution in [1.82, 2.24) is 9.13 Å². The molecule has 0 N–H and O–H groups in total. The SMILES string of the molecule is C=C(c1ccc(CC(=O)c2ccc3c(ccn3C)c2)cc1)c1ccc(CC(=O)c2ccc3c(ccn3C)c2)cc1. The average molecular weight is 523 g/mol. The number of aryl methyl sites for hydroxylation is 2. The molecule has 4 nitrogen and oxygen atoms in total. The molecule has 0 fully saturated rings. The molecule has 0 aliphatic rings. The highest BCUT2D eigenvalue weighted by Crippen LogP contribution is 2.24. The molecule has 0 saturated heterocycles. The van der Waals surface area contributed by atoms with Gasteiger partial charge in [-0.15, -0.1) is 0 Å². The van der Waals surface area contributed by atoms with Gasteiger partial charge in [-0.2, -0.15) is 0 Å². The molecule has 196 valence electrons. The highest BCUT2D eigenvalue weighted by molar-refractivity contribution is 6.01. The van der Waals surface area contributed by atoms with E-state index in [1.54, 1.807) is 0 Å². The Morgan fingerprint density at radius 3 is 1.32 bits per heavy atom. The zero-order valence-corrected chi connectivity index (χ0v) is 22.7. The summed E-state index contributed by atoms with van der Waals surface area (Å²) in [6.45, 7) is 4.30. The largest absolute Gasteiger partial charge is 0.351 e. The van der Waals surface area contributed by atoms with Crippen molar-refractivity contribution in [2.24, 2.45) is 14.1 Å². The van der Waals surface area contributed by atoms with E-state index in [0.29, 0.717) is 12.8 Å². The van der Waals surface area contributed by atoms with Crippen LogP contribution in [0.2, 0.25) is 0 Å². The standard InChI is InChI=1S/C36H30N2O2/c1-24(27-8-4-25(5-9-27)20-35(39)31-12-14-33-29(22-31)16-18-37(33)2)28-10-6-26(7-11-28)21-36(40)32-13-15-34-30(23-32)17-19-38(34)3/h4-19,22-23H,1,20-21H2,2-3H3. The molecule has 6 rings (SSSR count). The molecular weight excluding hydrogens is 492 g/mol. The van der Waals surface area contributed by atoms with Crippen molar-refractivity contribution in [3.8, 4) is 0 Å². The van der Waals surface area contributed by atoms with Gasteiger partial charge < -0.3 is 9.13 Å². The first kappa shape index (κ1) is 25.3. The van der Waals surface area contributed by atoms with Crippen LogP contribution in [0.3, 0.4) is 0 Å². The Morgan fingerprint density at radius 2 is 0.925 bits per heavy atom. The first-order valence-electron chi connectivity index (χ1n) is 13.4. The van der Waals surface area contributed by atoms with E-state index in [9.17, 15) is 9.59 Å². The molecule has 2 heterocycles. The Hall–Kier alpha value is -4.96. The zero-order chi connectivity index (χ0) is 27.8. The minimum absolute atomic E-state index is 0.103. The lowest BCUT2D eigenvalue weighted by Crippen LogP contribution is -2.04. The lowest BCUT2D eigenvalue weighted by molar-refractivity contribution is 0.0985. The fraction of sp³-hybridized carbons (Fsp3) is 0.111. The summed E-state index contributed by atoms with van der Waals surface area (Å²) >= 11 is 0. The van der Waals surface area contributed by atoms with Crippen LogP contribution in [0.5, 0.6) is 0 Å². The molecule has 0 bridgehead atoms. The monoisotopic (exact) mass is 522 g/mol. The van der Waals surface area contributed by atoms with Gasteiger partial charge in [0.1, 0.15) is 0 Å². The number of carbonyl (C=O) groups is 2. The smallest absolute Gasteiger partial charge is 0.167 e. The van der Waals surface area contributed by atoms with Gasteiger partial charge in [-0.3, -0.25) is 9.59 Å². The summed E-state index contributed by atoms with van der Waals surface area (Å²) in [5.41, 5.74) is 8.53. The number of carbonyl (C=O) groups excluding carboxylic acids is 2. The van der Waals surface area contributed by atoms with Gasteiger partial charge in [0.05, 0.1) is 0 Å². The first-order valence-corrected chi connectivity index (χ1v) is 13.4. The molecule has 0 atom stereocenters. The van der Waals surface area contributed by atoms with Gasteiger partial charge in [-0.1, -0.05) is 55.1 Å². The Bertz CT molecular complexity index is 1760. The predicted octanol–water partition coefficient (Wildman–Crippen LogP) is 7.58. The van der Waals surface area contributed by atoms with Crippen molar-refractivity contribution in [3.63, 3.8) is 0 Å². The molecule has 0 radical (unpaired) electrons. The summed E-state index contributed by atoms with van der Waals surface area (Å²) < 4.78 is 4.10. The van der Waals surface area contributed by atoms with Crippen molar-refractivity contribution >= 4 is 38.9 Å². The number of rotatable bonds is 8. The molecule has 0 unspecified atom stereocenters. The number of Topliss-reactive ketones (excluding diaryl/α,β-unsaturated/α-hetero) is 2. The number of aromatic nitrogens is 2. The van der Waals surface area contributed by atoms with Crippen LogP contribution < -0.4 is 0 Å². The third kappa shape index (κ3) is 4.92. The van der Waals surface area contributed by atoms with Crippen LogP contribution in [0.4, 0.5) is 0 Å². The average Bonchev–Trinajstić information content (AvgIpc) is 3.54. The van der Waals surface area contributed by atoms with E-state index in [-0.39, 0.29) is 11.6 Å². The Kier molecular flexibility index (Phi) is 6.53. The molecule has 0 saturated carbocycles. The summed E-state index contributed by atoms with van der Waals surface area (Å²) in [4.78, 5) is 25.8. The second-order valence-corrected chi connectivity index (χ2v) is 10.5. The van der Waals surface area contributed by atoms with E-state index in [4.69, 9.17) is 0 Å². The Balaban J connectivity index is 1.09. The fourth-order valence-corrected chi connectivity index (χ4v) is 5.30. The van der Waals surface area contributed by atoms with Crippen LogP contribution in [0.25, 0.3) is 27.4 Å². The molecule has 0 aliphatic carbocycles.